The van der Waals surface area contributed by atoms with Gasteiger partial charge in [0.25, 0.3) is 0 Å². The number of oxazole rings is 1. The smallest absolute Gasteiger partial charge is 0.394 e. The number of hydrogen-bond acceptors (Lipinski definition) is 4. The fourth-order valence-electron chi connectivity index (χ4n) is 1.15. The van der Waals surface area contributed by atoms with Crippen LogP contribution in [-0.4, -0.2) is 16.1 Å². The summed E-state index contributed by atoms with van der Waals surface area (Å²) in [7, 11) is 0. The Balaban J connectivity index is 1.97. The normalized spacial score (nSPS) is 10.2. The van der Waals surface area contributed by atoms with E-state index in [-0.39, 0.29) is 18.4 Å². The standard InChI is InChI=1S/C11H8ClNO4/c12-8-3-1-7(2-4-8)5-16-11-13-9(6-17-11)10(14)15/h1-4,6H,5H2,(H,14,15). The highest BCUT2D eigenvalue weighted by atomic mass is 35.5. The van der Waals surface area contributed by atoms with Crippen molar-refractivity contribution in [1.82, 2.24) is 4.98 Å². The predicted octanol–water partition coefficient (Wildman–Crippen LogP) is 2.61. The Labute approximate surface area is 102 Å². The van der Waals surface area contributed by atoms with Gasteiger partial charge < -0.3 is 14.3 Å². The van der Waals surface area contributed by atoms with Crippen molar-refractivity contribution in [2.45, 2.75) is 6.61 Å². The summed E-state index contributed by atoms with van der Waals surface area (Å²) in [4.78, 5) is 14.2. The fraction of sp³-hybridized carbons (Fsp3) is 0.0909. The number of carboxylic acid groups (broad SMARTS) is 1. The zero-order valence-electron chi connectivity index (χ0n) is 8.59. The van der Waals surface area contributed by atoms with Crippen LogP contribution in [0.2, 0.25) is 5.02 Å². The number of ether oxygens (including phenoxy) is 1. The third-order valence-corrected chi connectivity index (χ3v) is 2.23. The summed E-state index contributed by atoms with van der Waals surface area (Å²) >= 11 is 5.73. The molecule has 2 rings (SSSR count). The fourth-order valence-corrected chi connectivity index (χ4v) is 1.27. The second-order valence-corrected chi connectivity index (χ2v) is 3.66. The molecule has 6 heteroatoms. The molecular weight excluding hydrogens is 246 g/mol. The molecule has 0 saturated carbocycles. The first kappa shape index (κ1) is 11.5. The quantitative estimate of drug-likeness (QED) is 0.907. The van der Waals surface area contributed by atoms with E-state index in [0.29, 0.717) is 5.02 Å². The maximum absolute atomic E-state index is 10.5. The molecule has 0 bridgehead atoms. The van der Waals surface area contributed by atoms with Crippen molar-refractivity contribution in [2.75, 3.05) is 0 Å². The van der Waals surface area contributed by atoms with Crippen LogP contribution in [0.5, 0.6) is 6.08 Å². The molecule has 1 heterocycles. The summed E-state index contributed by atoms with van der Waals surface area (Å²) in [5, 5.41) is 9.26. The molecule has 1 aromatic carbocycles. The van der Waals surface area contributed by atoms with Crippen molar-refractivity contribution in [3.05, 3.63) is 46.8 Å². The predicted molar refractivity (Wildman–Crippen MR) is 59.2 cm³/mol. The van der Waals surface area contributed by atoms with Gasteiger partial charge in [0, 0.05) is 5.02 Å². The molecule has 5 nitrogen and oxygen atoms in total. The van der Waals surface area contributed by atoms with E-state index in [1.165, 1.54) is 0 Å². The Morgan fingerprint density at radius 2 is 2.12 bits per heavy atom. The zero-order valence-corrected chi connectivity index (χ0v) is 9.35. The lowest BCUT2D eigenvalue weighted by atomic mass is 10.2. The number of rotatable bonds is 4. The Morgan fingerprint density at radius 1 is 1.41 bits per heavy atom. The topological polar surface area (TPSA) is 72.6 Å². The summed E-state index contributed by atoms with van der Waals surface area (Å²) in [5.74, 6) is -1.16. The van der Waals surface area contributed by atoms with Crippen molar-refractivity contribution in [3.8, 4) is 6.08 Å². The Morgan fingerprint density at radius 3 is 2.71 bits per heavy atom. The van der Waals surface area contributed by atoms with Crippen LogP contribution in [-0.2, 0) is 6.61 Å². The Bertz CT molecular complexity index is 521. The van der Waals surface area contributed by atoms with E-state index in [2.05, 4.69) is 4.98 Å². The minimum absolute atomic E-state index is 0.0719. The molecule has 0 spiro atoms. The summed E-state index contributed by atoms with van der Waals surface area (Å²) in [6, 6.07) is 7.06. The number of carboxylic acids is 1. The molecule has 17 heavy (non-hydrogen) atoms. The molecule has 0 unspecified atom stereocenters. The summed E-state index contributed by atoms with van der Waals surface area (Å²) in [6.07, 6.45) is 0.955. The average molecular weight is 254 g/mol. The zero-order chi connectivity index (χ0) is 12.3. The number of aromatic nitrogens is 1. The van der Waals surface area contributed by atoms with Crippen LogP contribution in [0, 0.1) is 0 Å². The molecule has 0 aliphatic rings. The second kappa shape index (κ2) is 4.88. The monoisotopic (exact) mass is 253 g/mol. The maximum Gasteiger partial charge on any atom is 0.394 e. The molecule has 2 aromatic rings. The van der Waals surface area contributed by atoms with E-state index in [4.69, 9.17) is 25.9 Å². The van der Waals surface area contributed by atoms with Gasteiger partial charge in [-0.3, -0.25) is 0 Å². The highest BCUT2D eigenvalue weighted by Crippen LogP contribution is 2.14. The van der Waals surface area contributed by atoms with Gasteiger partial charge in [-0.25, -0.2) is 4.79 Å². The van der Waals surface area contributed by atoms with Crippen LogP contribution in [0.15, 0.2) is 34.9 Å². The summed E-state index contributed by atoms with van der Waals surface area (Å²) in [5.41, 5.74) is 0.695. The molecule has 1 aromatic heterocycles. The first-order valence-electron chi connectivity index (χ1n) is 4.71. The lowest BCUT2D eigenvalue weighted by molar-refractivity contribution is 0.0690. The first-order chi connectivity index (χ1) is 8.15. The van der Waals surface area contributed by atoms with E-state index in [1.807, 2.05) is 0 Å². The molecule has 0 fully saturated rings. The molecule has 0 aliphatic heterocycles. The van der Waals surface area contributed by atoms with E-state index < -0.39 is 5.97 Å². The average Bonchev–Trinajstić information content (AvgIpc) is 2.77. The van der Waals surface area contributed by atoms with Gasteiger partial charge in [0.1, 0.15) is 12.9 Å². The third kappa shape index (κ3) is 2.98. The van der Waals surface area contributed by atoms with E-state index >= 15 is 0 Å². The van der Waals surface area contributed by atoms with Gasteiger partial charge in [0.15, 0.2) is 5.69 Å². The van der Waals surface area contributed by atoms with Gasteiger partial charge in [-0.1, -0.05) is 23.7 Å². The van der Waals surface area contributed by atoms with Gasteiger partial charge in [-0.05, 0) is 17.7 Å². The molecule has 1 N–H and O–H groups in total. The lowest BCUT2D eigenvalue weighted by Crippen LogP contribution is -1.98. The number of aromatic carboxylic acids is 1. The molecule has 0 amide bonds. The van der Waals surface area contributed by atoms with Crippen LogP contribution < -0.4 is 4.74 Å². The van der Waals surface area contributed by atoms with Crippen LogP contribution in [0.25, 0.3) is 0 Å². The largest absolute Gasteiger partial charge is 0.476 e. The van der Waals surface area contributed by atoms with Crippen molar-refractivity contribution >= 4 is 17.6 Å². The highest BCUT2D eigenvalue weighted by Gasteiger charge is 2.11. The molecule has 0 radical (unpaired) electrons. The van der Waals surface area contributed by atoms with E-state index in [9.17, 15) is 4.79 Å². The Kier molecular flexibility index (Phi) is 3.30. The highest BCUT2D eigenvalue weighted by molar-refractivity contribution is 6.30. The van der Waals surface area contributed by atoms with Crippen LogP contribution in [0.4, 0.5) is 0 Å². The van der Waals surface area contributed by atoms with Gasteiger partial charge >= 0.3 is 12.0 Å². The van der Waals surface area contributed by atoms with Crippen molar-refractivity contribution in [3.63, 3.8) is 0 Å². The van der Waals surface area contributed by atoms with Crippen molar-refractivity contribution in [2.24, 2.45) is 0 Å². The van der Waals surface area contributed by atoms with Gasteiger partial charge in [0.05, 0.1) is 0 Å². The van der Waals surface area contributed by atoms with Gasteiger partial charge in [-0.15, -0.1) is 0 Å². The molecular formula is C11H8ClNO4. The number of carbonyl (C=O) groups is 1. The van der Waals surface area contributed by atoms with Crippen LogP contribution in [0.3, 0.4) is 0 Å². The lowest BCUT2D eigenvalue weighted by Gasteiger charge is -2.01. The van der Waals surface area contributed by atoms with Crippen molar-refractivity contribution in [1.29, 1.82) is 0 Å². The number of hydrogen-bond donors (Lipinski definition) is 1. The van der Waals surface area contributed by atoms with Crippen LogP contribution in [0.1, 0.15) is 16.1 Å². The molecule has 0 atom stereocenters. The number of halogens is 1. The van der Waals surface area contributed by atoms with Gasteiger partial charge in [-0.2, -0.15) is 4.98 Å². The minimum atomic E-state index is -1.16. The Hall–Kier alpha value is -2.01. The van der Waals surface area contributed by atoms with E-state index in [1.54, 1.807) is 24.3 Å². The summed E-state index contributed by atoms with van der Waals surface area (Å²) in [6.45, 7) is 0.233. The number of nitrogens with zero attached hydrogens (tertiary/aromatic N) is 1. The molecule has 0 aliphatic carbocycles. The minimum Gasteiger partial charge on any atom is -0.476 e. The molecule has 0 saturated heterocycles. The van der Waals surface area contributed by atoms with Crippen molar-refractivity contribution < 1.29 is 19.1 Å². The number of benzene rings is 1. The van der Waals surface area contributed by atoms with Crippen LogP contribution >= 0.6 is 11.6 Å². The first-order valence-corrected chi connectivity index (χ1v) is 5.09. The van der Waals surface area contributed by atoms with E-state index in [0.717, 1.165) is 11.8 Å². The second-order valence-electron chi connectivity index (χ2n) is 3.22. The third-order valence-electron chi connectivity index (χ3n) is 1.98. The molecule has 88 valence electrons. The van der Waals surface area contributed by atoms with Gasteiger partial charge in [0.2, 0.25) is 0 Å². The SMILES string of the molecule is O=C(O)c1coc(OCc2ccc(Cl)cc2)n1. The summed E-state index contributed by atoms with van der Waals surface area (Å²) < 4.78 is 10.0. The maximum atomic E-state index is 10.5.